The second-order valence-electron chi connectivity index (χ2n) is 2.68. The molecule has 0 heterocycles. The third-order valence-corrected chi connectivity index (χ3v) is 2.69. The van der Waals surface area contributed by atoms with Gasteiger partial charge in [-0.15, -0.1) is 0 Å². The van der Waals surface area contributed by atoms with E-state index in [1.165, 1.54) is 12.1 Å². The lowest BCUT2D eigenvalue weighted by Gasteiger charge is -2.03. The minimum atomic E-state index is -4.18. The monoisotopic (exact) mass is 210 g/mol. The SMILES string of the molecule is C=Cc1ccc(S(=O)(=O)O)c(C=C)c1. The van der Waals surface area contributed by atoms with Crippen LogP contribution < -0.4 is 0 Å². The predicted octanol–water partition coefficient (Wildman–Crippen LogP) is 2.22. The zero-order valence-electron chi connectivity index (χ0n) is 7.47. The maximum absolute atomic E-state index is 10.9. The van der Waals surface area contributed by atoms with Crippen molar-refractivity contribution in [3.63, 3.8) is 0 Å². The van der Waals surface area contributed by atoms with Gasteiger partial charge in [-0.2, -0.15) is 8.42 Å². The van der Waals surface area contributed by atoms with Crippen LogP contribution in [0.4, 0.5) is 0 Å². The van der Waals surface area contributed by atoms with Gasteiger partial charge in [0.25, 0.3) is 10.1 Å². The van der Waals surface area contributed by atoms with E-state index in [-0.39, 0.29) is 4.90 Å². The Morgan fingerprint density at radius 2 is 1.86 bits per heavy atom. The second-order valence-corrected chi connectivity index (χ2v) is 4.07. The molecule has 1 rings (SSSR count). The molecule has 0 aliphatic heterocycles. The van der Waals surface area contributed by atoms with Gasteiger partial charge in [0.05, 0.1) is 0 Å². The van der Waals surface area contributed by atoms with Crippen molar-refractivity contribution in [3.8, 4) is 0 Å². The van der Waals surface area contributed by atoms with Gasteiger partial charge in [0, 0.05) is 0 Å². The quantitative estimate of drug-likeness (QED) is 0.778. The third kappa shape index (κ3) is 2.10. The predicted molar refractivity (Wildman–Crippen MR) is 56.4 cm³/mol. The Labute approximate surface area is 83.1 Å². The molecule has 0 amide bonds. The van der Waals surface area contributed by atoms with E-state index in [9.17, 15) is 8.42 Å². The molecular weight excluding hydrogens is 200 g/mol. The largest absolute Gasteiger partial charge is 0.295 e. The molecular formula is C10H10O3S. The second kappa shape index (κ2) is 3.77. The first-order chi connectivity index (χ1) is 6.49. The lowest BCUT2D eigenvalue weighted by Crippen LogP contribution is -2.00. The normalized spacial score (nSPS) is 10.9. The molecule has 0 fully saturated rings. The molecule has 0 unspecified atom stereocenters. The molecule has 0 aromatic heterocycles. The summed E-state index contributed by atoms with van der Waals surface area (Å²) in [6.45, 7) is 7.02. The summed E-state index contributed by atoms with van der Waals surface area (Å²) >= 11 is 0. The fourth-order valence-electron chi connectivity index (χ4n) is 1.09. The zero-order chi connectivity index (χ0) is 10.8. The van der Waals surface area contributed by atoms with E-state index in [1.807, 2.05) is 0 Å². The highest BCUT2D eigenvalue weighted by molar-refractivity contribution is 7.85. The topological polar surface area (TPSA) is 54.4 Å². The molecule has 1 aromatic carbocycles. The Morgan fingerprint density at radius 1 is 1.21 bits per heavy atom. The molecule has 14 heavy (non-hydrogen) atoms. The van der Waals surface area contributed by atoms with E-state index in [2.05, 4.69) is 13.2 Å². The van der Waals surface area contributed by atoms with Gasteiger partial charge >= 0.3 is 0 Å². The van der Waals surface area contributed by atoms with Crippen LogP contribution in [0.1, 0.15) is 11.1 Å². The van der Waals surface area contributed by atoms with Crippen LogP contribution in [0.15, 0.2) is 36.3 Å². The summed E-state index contributed by atoms with van der Waals surface area (Å²) in [7, 11) is -4.18. The summed E-state index contributed by atoms with van der Waals surface area (Å²) in [4.78, 5) is -0.141. The molecule has 0 aliphatic rings. The summed E-state index contributed by atoms with van der Waals surface area (Å²) in [5.41, 5.74) is 1.14. The highest BCUT2D eigenvalue weighted by Crippen LogP contribution is 2.18. The van der Waals surface area contributed by atoms with E-state index in [1.54, 1.807) is 18.2 Å². The highest BCUT2D eigenvalue weighted by Gasteiger charge is 2.13. The fraction of sp³-hybridized carbons (Fsp3) is 0. The first kappa shape index (κ1) is 10.7. The van der Waals surface area contributed by atoms with Crippen molar-refractivity contribution >= 4 is 22.3 Å². The first-order valence-corrected chi connectivity index (χ1v) is 5.29. The highest BCUT2D eigenvalue weighted by atomic mass is 32.2. The van der Waals surface area contributed by atoms with Gasteiger partial charge in [-0.1, -0.05) is 31.4 Å². The van der Waals surface area contributed by atoms with Crippen LogP contribution >= 0.6 is 0 Å². The van der Waals surface area contributed by atoms with E-state index in [0.717, 1.165) is 5.56 Å². The van der Waals surface area contributed by atoms with Crippen LogP contribution in [-0.4, -0.2) is 13.0 Å². The van der Waals surface area contributed by atoms with Crippen LogP contribution in [0.5, 0.6) is 0 Å². The van der Waals surface area contributed by atoms with E-state index in [4.69, 9.17) is 4.55 Å². The Kier molecular flexibility index (Phi) is 2.88. The van der Waals surface area contributed by atoms with Crippen LogP contribution in [0.3, 0.4) is 0 Å². The lowest BCUT2D eigenvalue weighted by atomic mass is 10.1. The molecule has 0 spiro atoms. The zero-order valence-corrected chi connectivity index (χ0v) is 8.29. The maximum atomic E-state index is 10.9. The Bertz CT molecular complexity index is 472. The van der Waals surface area contributed by atoms with Gasteiger partial charge in [0.1, 0.15) is 4.90 Å². The summed E-state index contributed by atoms with van der Waals surface area (Å²) in [6, 6.07) is 4.47. The Balaban J connectivity index is 3.47. The molecule has 1 N–H and O–H groups in total. The fourth-order valence-corrected chi connectivity index (χ4v) is 1.77. The smallest absolute Gasteiger partial charge is 0.282 e. The molecule has 74 valence electrons. The number of hydrogen-bond acceptors (Lipinski definition) is 2. The average Bonchev–Trinajstić information content (AvgIpc) is 2.15. The summed E-state index contributed by atoms with van der Waals surface area (Å²) in [5.74, 6) is 0. The molecule has 0 radical (unpaired) electrons. The number of hydrogen-bond donors (Lipinski definition) is 1. The maximum Gasteiger partial charge on any atom is 0.295 e. The van der Waals surface area contributed by atoms with E-state index in [0.29, 0.717) is 5.56 Å². The molecule has 0 saturated carbocycles. The van der Waals surface area contributed by atoms with Crippen LogP contribution in [-0.2, 0) is 10.1 Å². The number of rotatable bonds is 3. The molecule has 0 atom stereocenters. The molecule has 0 saturated heterocycles. The standard InChI is InChI=1S/C10H10O3S/c1-3-8-5-6-10(14(11,12)13)9(4-2)7-8/h3-7H,1-2H2,(H,11,12,13). The molecule has 1 aromatic rings. The van der Waals surface area contributed by atoms with Gasteiger partial charge in [0.2, 0.25) is 0 Å². The number of benzene rings is 1. The van der Waals surface area contributed by atoms with Crippen LogP contribution in [0.25, 0.3) is 12.2 Å². The third-order valence-electron chi connectivity index (χ3n) is 1.77. The minimum Gasteiger partial charge on any atom is -0.282 e. The summed E-state index contributed by atoms with van der Waals surface area (Å²) < 4.78 is 30.7. The van der Waals surface area contributed by atoms with Crippen molar-refractivity contribution in [2.24, 2.45) is 0 Å². The van der Waals surface area contributed by atoms with Gasteiger partial charge in [-0.3, -0.25) is 4.55 Å². The van der Waals surface area contributed by atoms with Gasteiger partial charge in [-0.05, 0) is 23.3 Å². The molecule has 0 aliphatic carbocycles. The molecule has 0 bridgehead atoms. The van der Waals surface area contributed by atoms with Crippen molar-refractivity contribution in [1.29, 1.82) is 0 Å². The van der Waals surface area contributed by atoms with Gasteiger partial charge in [-0.25, -0.2) is 0 Å². The van der Waals surface area contributed by atoms with Crippen molar-refractivity contribution < 1.29 is 13.0 Å². The van der Waals surface area contributed by atoms with Crippen LogP contribution in [0.2, 0.25) is 0 Å². The molecule has 3 nitrogen and oxygen atoms in total. The summed E-state index contributed by atoms with van der Waals surface area (Å²) in [5, 5.41) is 0. The lowest BCUT2D eigenvalue weighted by molar-refractivity contribution is 0.483. The minimum absolute atomic E-state index is 0.141. The Morgan fingerprint density at radius 3 is 2.29 bits per heavy atom. The first-order valence-electron chi connectivity index (χ1n) is 3.85. The average molecular weight is 210 g/mol. The van der Waals surface area contributed by atoms with Crippen molar-refractivity contribution in [1.82, 2.24) is 0 Å². The van der Waals surface area contributed by atoms with Gasteiger partial charge < -0.3 is 0 Å². The van der Waals surface area contributed by atoms with Crippen molar-refractivity contribution in [2.75, 3.05) is 0 Å². The Hall–Kier alpha value is -1.39. The van der Waals surface area contributed by atoms with E-state index >= 15 is 0 Å². The summed E-state index contributed by atoms with van der Waals surface area (Å²) in [6.07, 6.45) is 2.96. The van der Waals surface area contributed by atoms with Gasteiger partial charge in [0.15, 0.2) is 0 Å². The van der Waals surface area contributed by atoms with Crippen LogP contribution in [0, 0.1) is 0 Å². The van der Waals surface area contributed by atoms with E-state index < -0.39 is 10.1 Å². The van der Waals surface area contributed by atoms with Crippen molar-refractivity contribution in [2.45, 2.75) is 4.90 Å². The van der Waals surface area contributed by atoms with Crippen molar-refractivity contribution in [3.05, 3.63) is 42.5 Å². The molecule has 4 heteroatoms.